The van der Waals surface area contributed by atoms with Crippen molar-refractivity contribution < 1.29 is 14.6 Å². The lowest BCUT2D eigenvalue weighted by Gasteiger charge is -2.32. The van der Waals surface area contributed by atoms with Crippen LogP contribution in [0.25, 0.3) is 16.8 Å². The van der Waals surface area contributed by atoms with Gasteiger partial charge in [0.05, 0.1) is 24.2 Å². The van der Waals surface area contributed by atoms with Gasteiger partial charge in [-0.2, -0.15) is 5.10 Å². The maximum absolute atomic E-state index is 11.1. The van der Waals surface area contributed by atoms with Crippen molar-refractivity contribution in [1.82, 2.24) is 34.3 Å². The van der Waals surface area contributed by atoms with E-state index in [0.717, 1.165) is 97.2 Å². The van der Waals surface area contributed by atoms with E-state index in [9.17, 15) is 4.79 Å². The fraction of sp³-hybridized carbons (Fsp3) is 0.424. The predicted molar refractivity (Wildman–Crippen MR) is 171 cm³/mol. The van der Waals surface area contributed by atoms with E-state index in [1.165, 1.54) is 4.90 Å². The Hall–Kier alpha value is -4.06. The lowest BCUT2D eigenvalue weighted by molar-refractivity contribution is 0.0711. The number of carboxylic acid groups (broad SMARTS) is 1. The summed E-state index contributed by atoms with van der Waals surface area (Å²) in [5.74, 6) is 1.77. The molecule has 1 saturated heterocycles. The summed E-state index contributed by atoms with van der Waals surface area (Å²) in [6, 6.07) is 14.4. The lowest BCUT2D eigenvalue weighted by atomic mass is 9.96. The van der Waals surface area contributed by atoms with Gasteiger partial charge in [0.15, 0.2) is 5.82 Å². The normalized spacial score (nSPS) is 17.1. The van der Waals surface area contributed by atoms with Crippen LogP contribution in [0.4, 0.5) is 4.79 Å². The van der Waals surface area contributed by atoms with Crippen molar-refractivity contribution in [2.24, 2.45) is 4.99 Å². The Morgan fingerprint density at radius 1 is 0.956 bits per heavy atom. The second kappa shape index (κ2) is 12.4. The molecule has 11 nitrogen and oxygen atoms in total. The highest BCUT2D eigenvalue weighted by molar-refractivity contribution is 6.30. The van der Waals surface area contributed by atoms with Crippen LogP contribution in [-0.4, -0.2) is 97.2 Å². The van der Waals surface area contributed by atoms with Gasteiger partial charge in [0.25, 0.3) is 0 Å². The summed E-state index contributed by atoms with van der Waals surface area (Å²) in [7, 11) is 0. The maximum Gasteiger partial charge on any atom is 0.407 e. The molecule has 2 aliphatic heterocycles. The third-order valence-electron chi connectivity index (χ3n) is 8.99. The Labute approximate surface area is 267 Å². The summed E-state index contributed by atoms with van der Waals surface area (Å²) in [4.78, 5) is 20.1. The second-order valence-corrected chi connectivity index (χ2v) is 12.5. The second-order valence-electron chi connectivity index (χ2n) is 12.1. The van der Waals surface area contributed by atoms with Gasteiger partial charge in [-0.05, 0) is 62.4 Å². The zero-order chi connectivity index (χ0) is 31.0. The minimum Gasteiger partial charge on any atom is -0.465 e. The molecule has 7 rings (SSSR count). The van der Waals surface area contributed by atoms with Crippen LogP contribution >= 0.6 is 11.6 Å². The molecule has 12 heteroatoms. The average molecular weight is 629 g/mol. The number of hydrogen-bond donors (Lipinski definition) is 1. The number of aromatic nitrogens is 5. The van der Waals surface area contributed by atoms with Crippen molar-refractivity contribution in [3.8, 4) is 16.8 Å². The van der Waals surface area contributed by atoms with Gasteiger partial charge in [0.1, 0.15) is 11.4 Å². The number of aliphatic imine (C=N–C) groups is 1. The third kappa shape index (κ3) is 6.12. The highest BCUT2D eigenvalue weighted by atomic mass is 35.5. The number of rotatable bonds is 10. The van der Waals surface area contributed by atoms with Crippen LogP contribution in [0.5, 0.6) is 0 Å². The van der Waals surface area contributed by atoms with Crippen molar-refractivity contribution in [2.45, 2.75) is 44.7 Å². The first-order chi connectivity index (χ1) is 21.9. The molecule has 1 N–H and O–H groups in total. The van der Waals surface area contributed by atoms with Crippen molar-refractivity contribution in [2.75, 3.05) is 45.9 Å². The number of halogens is 1. The zero-order valence-electron chi connectivity index (χ0n) is 25.4. The Morgan fingerprint density at radius 2 is 1.73 bits per heavy atom. The van der Waals surface area contributed by atoms with Crippen LogP contribution in [0.3, 0.4) is 0 Å². The molecule has 0 atom stereocenters. The summed E-state index contributed by atoms with van der Waals surface area (Å²) in [5, 5.41) is 23.4. The Kier molecular flexibility index (Phi) is 8.15. The Bertz CT molecular complexity index is 1720. The number of nitrogens with zero attached hydrogens (tertiary/aromatic N) is 8. The number of piperazine rings is 1. The van der Waals surface area contributed by atoms with Gasteiger partial charge >= 0.3 is 6.09 Å². The molecule has 2 fully saturated rings. The van der Waals surface area contributed by atoms with E-state index in [4.69, 9.17) is 26.4 Å². The first-order valence-corrected chi connectivity index (χ1v) is 16.0. The van der Waals surface area contributed by atoms with Crippen molar-refractivity contribution in [3.63, 3.8) is 0 Å². The molecule has 2 aromatic carbocycles. The fourth-order valence-electron chi connectivity index (χ4n) is 6.23. The summed E-state index contributed by atoms with van der Waals surface area (Å²) < 4.78 is 10.0. The number of carbonyl (C=O) groups is 1. The van der Waals surface area contributed by atoms with Crippen molar-refractivity contribution >= 4 is 23.4 Å². The highest BCUT2D eigenvalue weighted by Crippen LogP contribution is 2.51. The molecule has 45 heavy (non-hydrogen) atoms. The molecule has 1 amide bonds. The number of aryl methyl sites for hydroxylation is 2. The van der Waals surface area contributed by atoms with Crippen LogP contribution < -0.4 is 0 Å². The molecule has 1 aliphatic carbocycles. The lowest BCUT2D eigenvalue weighted by Crippen LogP contribution is -2.49. The number of amides is 1. The molecular weight excluding hydrogens is 592 g/mol. The number of benzene rings is 2. The van der Waals surface area contributed by atoms with Crippen molar-refractivity contribution in [3.05, 3.63) is 82.7 Å². The van der Waals surface area contributed by atoms with Gasteiger partial charge in [0, 0.05) is 73.8 Å². The van der Waals surface area contributed by atoms with Gasteiger partial charge in [0.2, 0.25) is 0 Å². The van der Waals surface area contributed by atoms with E-state index < -0.39 is 6.09 Å². The molecule has 0 radical (unpaired) electrons. The van der Waals surface area contributed by atoms with Gasteiger partial charge in [-0.15, -0.1) is 10.2 Å². The molecule has 3 aliphatic rings. The minimum absolute atomic E-state index is 0.346. The largest absolute Gasteiger partial charge is 0.465 e. The van der Waals surface area contributed by atoms with E-state index in [2.05, 4.69) is 49.2 Å². The van der Waals surface area contributed by atoms with Crippen LogP contribution in [0, 0.1) is 6.92 Å². The van der Waals surface area contributed by atoms with Crippen LogP contribution in [-0.2, 0) is 16.8 Å². The number of unbranched alkanes of at least 4 members (excludes halogenated alkanes) is 1. The summed E-state index contributed by atoms with van der Waals surface area (Å²) in [6.07, 6.45) is 7.01. The molecule has 4 heterocycles. The molecule has 234 valence electrons. The third-order valence-corrected chi connectivity index (χ3v) is 9.24. The van der Waals surface area contributed by atoms with Crippen LogP contribution in [0.2, 0.25) is 5.02 Å². The van der Waals surface area contributed by atoms with Gasteiger partial charge in [-0.1, -0.05) is 29.8 Å². The Balaban J connectivity index is 1.00. The molecule has 1 spiro atoms. The first kappa shape index (κ1) is 29.6. The molecule has 2 aromatic heterocycles. The van der Waals surface area contributed by atoms with E-state index in [1.807, 2.05) is 42.1 Å². The highest BCUT2D eigenvalue weighted by Gasteiger charge is 2.51. The maximum atomic E-state index is 11.1. The van der Waals surface area contributed by atoms with Crippen molar-refractivity contribution in [1.29, 1.82) is 0 Å². The van der Waals surface area contributed by atoms with Crippen LogP contribution in [0.1, 0.15) is 48.5 Å². The van der Waals surface area contributed by atoms with Gasteiger partial charge < -0.3 is 14.7 Å². The first-order valence-electron chi connectivity index (χ1n) is 15.6. The monoisotopic (exact) mass is 628 g/mol. The smallest absolute Gasteiger partial charge is 0.407 e. The predicted octanol–water partition coefficient (Wildman–Crippen LogP) is 5.03. The Morgan fingerprint density at radius 3 is 2.49 bits per heavy atom. The van der Waals surface area contributed by atoms with Gasteiger partial charge in [-0.25, -0.2) is 4.79 Å². The average Bonchev–Trinajstić information content (AvgIpc) is 3.52. The summed E-state index contributed by atoms with van der Waals surface area (Å²) in [5.41, 5.74) is 5.83. The number of hydrogen-bond acceptors (Lipinski definition) is 7. The van der Waals surface area contributed by atoms with Gasteiger partial charge in [-0.3, -0.25) is 19.1 Å². The standard InChI is InChI=1S/C33H37ClN8O3/c1-23-37-38-31-33(10-11-33)36-30(24-4-7-27(34)8-5-24)28-20-25(6-9-29(28)42(23)31)26-21-35-41(22-26)12-2-3-18-45-19-17-39-13-15-40(16-14-39)32(43)44/h4-9,20-22H,2-3,10-19H2,1H3,(H,43,44). The van der Waals surface area contributed by atoms with E-state index in [-0.39, 0.29) is 5.54 Å². The molecule has 4 aromatic rings. The number of ether oxygens (including phenoxy) is 1. The summed E-state index contributed by atoms with van der Waals surface area (Å²) >= 11 is 6.25. The van der Waals surface area contributed by atoms with E-state index >= 15 is 0 Å². The summed E-state index contributed by atoms with van der Waals surface area (Å²) in [6.45, 7) is 7.66. The minimum atomic E-state index is -0.834. The van der Waals surface area contributed by atoms with E-state index in [0.29, 0.717) is 31.3 Å². The quantitative estimate of drug-likeness (QED) is 0.245. The fourth-order valence-corrected chi connectivity index (χ4v) is 6.36. The van der Waals surface area contributed by atoms with Crippen LogP contribution in [0.15, 0.2) is 59.9 Å². The number of fused-ring (bicyclic) bond motifs is 4. The van der Waals surface area contributed by atoms with E-state index in [1.54, 1.807) is 0 Å². The zero-order valence-corrected chi connectivity index (χ0v) is 26.2. The molecule has 1 saturated carbocycles. The topological polar surface area (TPSA) is 114 Å². The molecule has 0 bridgehead atoms. The molecule has 0 unspecified atom stereocenters. The molecular formula is C33H37ClN8O3. The SMILES string of the molecule is Cc1nnc2n1-c1ccc(-c3cnn(CCCCOCCN4CCN(C(=O)O)CC4)c3)cc1C(c1ccc(Cl)cc1)=NC21CC1.